The van der Waals surface area contributed by atoms with Crippen LogP contribution in [0.4, 0.5) is 5.88 Å². The first kappa shape index (κ1) is 18.5. The smallest absolute Gasteiger partial charge is 0.264 e. The molecule has 1 heterocycles. The van der Waals surface area contributed by atoms with Crippen molar-refractivity contribution in [2.45, 2.75) is 4.90 Å². The molecule has 9 heteroatoms. The number of nitrogens with one attached hydrogen (secondary N) is 1. The molecule has 2 aromatic carbocycles. The molecule has 0 radical (unpaired) electrons. The van der Waals surface area contributed by atoms with Gasteiger partial charge in [0.2, 0.25) is 11.5 Å². The summed E-state index contributed by atoms with van der Waals surface area (Å²) < 4.78 is 42.7. The van der Waals surface area contributed by atoms with E-state index in [4.69, 9.17) is 13.9 Å². The van der Waals surface area contributed by atoms with Crippen molar-refractivity contribution in [3.05, 3.63) is 48.5 Å². The Hall–Kier alpha value is -3.33. The summed E-state index contributed by atoms with van der Waals surface area (Å²) in [5.74, 6) is -1.28. The number of benzene rings is 2. The molecule has 0 fully saturated rings. The molecule has 0 aliphatic carbocycles. The van der Waals surface area contributed by atoms with Crippen molar-refractivity contribution in [2.75, 3.05) is 18.9 Å². The number of ether oxygens (including phenoxy) is 2. The number of aromatic hydroxyl groups is 2. The highest BCUT2D eigenvalue weighted by Crippen LogP contribution is 2.48. The van der Waals surface area contributed by atoms with E-state index in [-0.39, 0.29) is 16.2 Å². The molecule has 0 aliphatic heterocycles. The molecule has 0 saturated heterocycles. The van der Waals surface area contributed by atoms with Crippen LogP contribution in [0.1, 0.15) is 0 Å². The van der Waals surface area contributed by atoms with E-state index in [0.717, 1.165) is 0 Å². The Kier molecular flexibility index (Phi) is 4.87. The Balaban J connectivity index is 2.06. The van der Waals surface area contributed by atoms with Gasteiger partial charge in [-0.3, -0.25) is 0 Å². The van der Waals surface area contributed by atoms with E-state index in [9.17, 15) is 18.6 Å². The highest BCUT2D eigenvalue weighted by atomic mass is 32.2. The van der Waals surface area contributed by atoms with E-state index < -0.39 is 27.4 Å². The summed E-state index contributed by atoms with van der Waals surface area (Å²) in [6, 6.07) is 12.3. The standard InChI is InChI=1S/C18H17NO7S/c1-24-11-8-9-14(25-2)13(10-11)17-15(20)16(21)18(26-17)19-27(22,23)12-6-4-3-5-7-12/h3-10,19-21H,1-2H3. The van der Waals surface area contributed by atoms with Gasteiger partial charge in [0.25, 0.3) is 15.9 Å². The first-order chi connectivity index (χ1) is 12.9. The van der Waals surface area contributed by atoms with Gasteiger partial charge < -0.3 is 24.1 Å². The monoisotopic (exact) mass is 391 g/mol. The number of methoxy groups -OCH3 is 2. The maximum absolute atomic E-state index is 12.4. The van der Waals surface area contributed by atoms with E-state index in [2.05, 4.69) is 4.72 Å². The minimum atomic E-state index is -4.02. The molecule has 0 bridgehead atoms. The third kappa shape index (κ3) is 3.49. The van der Waals surface area contributed by atoms with Gasteiger partial charge in [-0.25, -0.2) is 13.1 Å². The maximum Gasteiger partial charge on any atom is 0.264 e. The summed E-state index contributed by atoms with van der Waals surface area (Å²) in [5.41, 5.74) is 0.273. The normalized spacial score (nSPS) is 11.2. The fourth-order valence-corrected chi connectivity index (χ4v) is 3.45. The first-order valence-corrected chi connectivity index (χ1v) is 9.20. The van der Waals surface area contributed by atoms with Crippen LogP contribution in [0.3, 0.4) is 0 Å². The zero-order valence-corrected chi connectivity index (χ0v) is 15.3. The van der Waals surface area contributed by atoms with Crippen molar-refractivity contribution in [3.8, 4) is 34.3 Å². The van der Waals surface area contributed by atoms with Crippen molar-refractivity contribution in [2.24, 2.45) is 0 Å². The minimum Gasteiger partial charge on any atom is -0.502 e. The van der Waals surface area contributed by atoms with Gasteiger partial charge in [0.05, 0.1) is 24.7 Å². The summed E-state index contributed by atoms with van der Waals surface area (Å²) >= 11 is 0. The Morgan fingerprint density at radius 3 is 2.30 bits per heavy atom. The summed E-state index contributed by atoms with van der Waals surface area (Å²) in [7, 11) is -1.14. The molecule has 0 atom stereocenters. The molecule has 1 aromatic heterocycles. The van der Waals surface area contributed by atoms with Crippen LogP contribution in [0.2, 0.25) is 0 Å². The summed E-state index contributed by atoms with van der Waals surface area (Å²) in [4.78, 5) is -0.0270. The van der Waals surface area contributed by atoms with Crippen molar-refractivity contribution < 1.29 is 32.5 Å². The molecule has 3 N–H and O–H groups in total. The summed E-state index contributed by atoms with van der Waals surface area (Å²) in [6.45, 7) is 0. The molecule has 0 spiro atoms. The molecular weight excluding hydrogens is 374 g/mol. The van der Waals surface area contributed by atoms with Gasteiger partial charge in [-0.2, -0.15) is 0 Å². The zero-order valence-electron chi connectivity index (χ0n) is 14.5. The Bertz CT molecular complexity index is 1060. The van der Waals surface area contributed by atoms with Gasteiger partial charge in [0, 0.05) is 0 Å². The average Bonchev–Trinajstić information content (AvgIpc) is 2.96. The highest BCUT2D eigenvalue weighted by molar-refractivity contribution is 7.92. The average molecular weight is 391 g/mol. The van der Waals surface area contributed by atoms with E-state index in [1.165, 1.54) is 32.4 Å². The second kappa shape index (κ2) is 7.12. The molecule has 0 unspecified atom stereocenters. The van der Waals surface area contributed by atoms with E-state index >= 15 is 0 Å². The third-order valence-electron chi connectivity index (χ3n) is 3.79. The van der Waals surface area contributed by atoms with E-state index in [1.807, 2.05) is 0 Å². The number of hydrogen-bond donors (Lipinski definition) is 3. The molecular formula is C18H17NO7S. The number of rotatable bonds is 6. The van der Waals surface area contributed by atoms with Crippen LogP contribution in [0, 0.1) is 0 Å². The van der Waals surface area contributed by atoms with Crippen molar-refractivity contribution in [3.63, 3.8) is 0 Å². The molecule has 0 amide bonds. The van der Waals surface area contributed by atoms with Crippen LogP contribution < -0.4 is 14.2 Å². The topological polar surface area (TPSA) is 118 Å². The minimum absolute atomic E-state index is 0.0270. The van der Waals surface area contributed by atoms with Crippen LogP contribution in [0.15, 0.2) is 57.8 Å². The van der Waals surface area contributed by atoms with Gasteiger partial charge in [0.15, 0.2) is 5.76 Å². The maximum atomic E-state index is 12.4. The zero-order chi connectivity index (χ0) is 19.6. The van der Waals surface area contributed by atoms with Gasteiger partial charge in [-0.15, -0.1) is 0 Å². The fourth-order valence-electron chi connectivity index (χ4n) is 2.44. The molecule has 0 aliphatic rings. The Labute approximate surface area is 155 Å². The molecule has 3 rings (SSSR count). The molecule has 27 heavy (non-hydrogen) atoms. The quantitative estimate of drug-likeness (QED) is 0.590. The molecule has 8 nitrogen and oxygen atoms in total. The Morgan fingerprint density at radius 2 is 1.67 bits per heavy atom. The van der Waals surface area contributed by atoms with Crippen LogP contribution in [-0.2, 0) is 10.0 Å². The number of furan rings is 1. The number of hydrogen-bond acceptors (Lipinski definition) is 7. The molecule has 0 saturated carbocycles. The molecule has 3 aromatic rings. The lowest BCUT2D eigenvalue weighted by molar-refractivity contribution is 0.400. The Morgan fingerprint density at radius 1 is 0.963 bits per heavy atom. The summed E-state index contributed by atoms with van der Waals surface area (Å²) in [5, 5.41) is 20.4. The summed E-state index contributed by atoms with van der Waals surface area (Å²) in [6.07, 6.45) is 0. The van der Waals surface area contributed by atoms with Crippen LogP contribution in [0.5, 0.6) is 23.0 Å². The van der Waals surface area contributed by atoms with Crippen molar-refractivity contribution >= 4 is 15.9 Å². The lowest BCUT2D eigenvalue weighted by Gasteiger charge is -2.08. The molecule has 142 valence electrons. The predicted octanol–water partition coefficient (Wildman–Crippen LogP) is 3.18. The second-order valence-corrected chi connectivity index (χ2v) is 7.12. The van der Waals surface area contributed by atoms with Gasteiger partial charge >= 0.3 is 0 Å². The van der Waals surface area contributed by atoms with E-state index in [0.29, 0.717) is 11.5 Å². The second-order valence-electron chi connectivity index (χ2n) is 5.44. The van der Waals surface area contributed by atoms with Gasteiger partial charge in [-0.1, -0.05) is 18.2 Å². The number of sulfonamides is 1. The van der Waals surface area contributed by atoms with Crippen LogP contribution >= 0.6 is 0 Å². The van der Waals surface area contributed by atoms with Crippen molar-refractivity contribution in [1.82, 2.24) is 0 Å². The van der Waals surface area contributed by atoms with Crippen LogP contribution in [0.25, 0.3) is 11.3 Å². The highest BCUT2D eigenvalue weighted by Gasteiger charge is 2.27. The largest absolute Gasteiger partial charge is 0.502 e. The fraction of sp³-hybridized carbons (Fsp3) is 0.111. The van der Waals surface area contributed by atoms with Gasteiger partial charge in [-0.05, 0) is 30.3 Å². The third-order valence-corrected chi connectivity index (χ3v) is 5.14. The first-order valence-electron chi connectivity index (χ1n) is 7.72. The predicted molar refractivity (Wildman–Crippen MR) is 97.8 cm³/mol. The SMILES string of the molecule is COc1ccc(OC)c(-c2oc(NS(=O)(=O)c3ccccc3)c(O)c2O)c1. The lowest BCUT2D eigenvalue weighted by atomic mass is 10.1. The number of anilines is 1. The van der Waals surface area contributed by atoms with E-state index in [1.54, 1.807) is 30.3 Å². The van der Waals surface area contributed by atoms with Crippen molar-refractivity contribution in [1.29, 1.82) is 0 Å². The van der Waals surface area contributed by atoms with Gasteiger partial charge in [0.1, 0.15) is 11.5 Å². The lowest BCUT2D eigenvalue weighted by Crippen LogP contribution is -2.12. The van der Waals surface area contributed by atoms with Crippen LogP contribution in [-0.4, -0.2) is 32.9 Å².